The largest absolute Gasteiger partial charge is 0.488 e. The van der Waals surface area contributed by atoms with Crippen LogP contribution in [-0.2, 0) is 6.42 Å². The third-order valence-corrected chi connectivity index (χ3v) is 3.94. The second-order valence-corrected chi connectivity index (χ2v) is 5.76. The average molecular weight is 296 g/mol. The third kappa shape index (κ3) is 2.66. The molecule has 0 N–H and O–H groups in total. The van der Waals surface area contributed by atoms with Crippen LogP contribution in [-0.4, -0.2) is 35.5 Å². The number of rotatable bonds is 5. The van der Waals surface area contributed by atoms with E-state index in [0.29, 0.717) is 6.10 Å². The van der Waals surface area contributed by atoms with Crippen LogP contribution in [0.1, 0.15) is 18.4 Å². The molecule has 0 saturated heterocycles. The minimum Gasteiger partial charge on any atom is -0.488 e. The first-order valence-corrected chi connectivity index (χ1v) is 7.53. The van der Waals surface area contributed by atoms with E-state index < -0.39 is 0 Å². The summed E-state index contributed by atoms with van der Waals surface area (Å²) in [5, 5.41) is 1.06. The van der Waals surface area contributed by atoms with Gasteiger partial charge in [0, 0.05) is 30.9 Å². The fourth-order valence-electron chi connectivity index (χ4n) is 2.59. The molecule has 1 saturated carbocycles. The summed E-state index contributed by atoms with van der Waals surface area (Å²) in [7, 11) is 0. The highest BCUT2D eigenvalue weighted by Crippen LogP contribution is 2.31. The number of halogens is 1. The Morgan fingerprint density at radius 1 is 1.29 bits per heavy atom. The average Bonchev–Trinajstić information content (AvgIpc) is 3.09. The molecule has 1 heterocycles. The fourth-order valence-corrected chi connectivity index (χ4v) is 3.04. The molecule has 0 bridgehead atoms. The van der Waals surface area contributed by atoms with Gasteiger partial charge in [-0.15, -0.1) is 0 Å². The van der Waals surface area contributed by atoms with Crippen LogP contribution in [0.2, 0.25) is 0 Å². The summed E-state index contributed by atoms with van der Waals surface area (Å²) in [6, 6.07) is 9.24. The van der Waals surface area contributed by atoms with Gasteiger partial charge in [-0.25, -0.2) is 0 Å². The van der Waals surface area contributed by atoms with E-state index in [4.69, 9.17) is 4.74 Å². The number of para-hydroxylation sites is 1. The lowest BCUT2D eigenvalue weighted by Crippen LogP contribution is -2.37. The molecule has 1 unspecified atom stereocenters. The van der Waals surface area contributed by atoms with Crippen LogP contribution in [0.4, 0.5) is 0 Å². The smallest absolute Gasteiger partial charge is 0.123 e. The zero-order valence-electron chi connectivity index (χ0n) is 9.94. The summed E-state index contributed by atoms with van der Waals surface area (Å²) in [6.45, 7) is 2.21. The second kappa shape index (κ2) is 4.99. The van der Waals surface area contributed by atoms with Crippen LogP contribution in [0.5, 0.6) is 5.75 Å². The van der Waals surface area contributed by atoms with Crippen molar-refractivity contribution in [3.05, 3.63) is 29.8 Å². The van der Waals surface area contributed by atoms with Gasteiger partial charge in [0.25, 0.3) is 0 Å². The highest BCUT2D eigenvalue weighted by molar-refractivity contribution is 9.09. The van der Waals surface area contributed by atoms with Gasteiger partial charge in [0.1, 0.15) is 11.9 Å². The number of fused-ring (bicyclic) bond motifs is 1. The molecular weight excluding hydrogens is 278 g/mol. The van der Waals surface area contributed by atoms with Crippen molar-refractivity contribution < 1.29 is 4.74 Å². The van der Waals surface area contributed by atoms with E-state index in [-0.39, 0.29) is 0 Å². The molecule has 3 rings (SSSR count). The quantitative estimate of drug-likeness (QED) is 0.775. The fraction of sp³-hybridized carbons (Fsp3) is 0.571. The Morgan fingerprint density at radius 2 is 2.12 bits per heavy atom. The first-order valence-electron chi connectivity index (χ1n) is 6.41. The van der Waals surface area contributed by atoms with Crippen molar-refractivity contribution >= 4 is 15.9 Å². The van der Waals surface area contributed by atoms with Crippen molar-refractivity contribution in [1.29, 1.82) is 0 Å². The van der Waals surface area contributed by atoms with Crippen LogP contribution in [0.3, 0.4) is 0 Å². The molecule has 0 spiro atoms. The first-order chi connectivity index (χ1) is 8.36. The second-order valence-electron chi connectivity index (χ2n) is 4.97. The number of hydrogen-bond donors (Lipinski definition) is 0. The molecule has 1 fully saturated rings. The minimum absolute atomic E-state index is 0.354. The standard InChI is InChI=1S/C14H18BrNO/c15-7-8-16(12-5-6-12)10-13-9-11-3-1-2-4-14(11)17-13/h1-4,12-13H,5-10H2. The maximum atomic E-state index is 6.00. The van der Waals surface area contributed by atoms with Crippen LogP contribution in [0.25, 0.3) is 0 Å². The number of alkyl halides is 1. The Hall–Kier alpha value is -0.540. The topological polar surface area (TPSA) is 12.5 Å². The van der Waals surface area contributed by atoms with E-state index >= 15 is 0 Å². The van der Waals surface area contributed by atoms with Crippen molar-refractivity contribution in [2.75, 3.05) is 18.4 Å². The minimum atomic E-state index is 0.354. The molecule has 1 aromatic rings. The summed E-state index contributed by atoms with van der Waals surface area (Å²) in [5.41, 5.74) is 1.37. The van der Waals surface area contributed by atoms with Gasteiger partial charge in [0.2, 0.25) is 0 Å². The van der Waals surface area contributed by atoms with Gasteiger partial charge in [-0.1, -0.05) is 34.1 Å². The van der Waals surface area contributed by atoms with E-state index in [1.54, 1.807) is 0 Å². The maximum absolute atomic E-state index is 6.00. The Bertz CT molecular complexity index is 367. The Balaban J connectivity index is 1.60. The Kier molecular flexibility index (Phi) is 3.39. The van der Waals surface area contributed by atoms with Gasteiger partial charge >= 0.3 is 0 Å². The zero-order chi connectivity index (χ0) is 11.7. The van der Waals surface area contributed by atoms with Crippen molar-refractivity contribution in [3.8, 4) is 5.75 Å². The number of nitrogens with zero attached hydrogens (tertiary/aromatic N) is 1. The predicted molar refractivity (Wildman–Crippen MR) is 73.0 cm³/mol. The summed E-state index contributed by atoms with van der Waals surface area (Å²) >= 11 is 3.54. The molecule has 1 aromatic carbocycles. The van der Waals surface area contributed by atoms with Crippen molar-refractivity contribution in [1.82, 2.24) is 4.90 Å². The molecule has 1 aliphatic heterocycles. The van der Waals surface area contributed by atoms with E-state index in [0.717, 1.165) is 36.6 Å². The zero-order valence-corrected chi connectivity index (χ0v) is 11.5. The van der Waals surface area contributed by atoms with Crippen molar-refractivity contribution in [2.45, 2.75) is 31.4 Å². The molecule has 17 heavy (non-hydrogen) atoms. The maximum Gasteiger partial charge on any atom is 0.123 e. The number of ether oxygens (including phenoxy) is 1. The number of benzene rings is 1. The van der Waals surface area contributed by atoms with Gasteiger partial charge in [0.05, 0.1) is 0 Å². The SMILES string of the molecule is BrCCN(CC1Cc2ccccc2O1)C1CC1. The molecule has 1 aliphatic carbocycles. The summed E-state index contributed by atoms with van der Waals surface area (Å²) in [5.74, 6) is 1.09. The Labute approximate surface area is 111 Å². The van der Waals surface area contributed by atoms with Gasteiger partial charge in [0.15, 0.2) is 0 Å². The van der Waals surface area contributed by atoms with Gasteiger partial charge < -0.3 is 4.74 Å². The van der Waals surface area contributed by atoms with Crippen molar-refractivity contribution in [3.63, 3.8) is 0 Å². The van der Waals surface area contributed by atoms with E-state index in [2.05, 4.69) is 45.1 Å². The van der Waals surface area contributed by atoms with E-state index in [1.807, 2.05) is 0 Å². The van der Waals surface area contributed by atoms with Crippen LogP contribution < -0.4 is 4.74 Å². The molecule has 0 amide bonds. The molecule has 2 aliphatic rings. The lowest BCUT2D eigenvalue weighted by molar-refractivity contribution is 0.150. The molecule has 0 aromatic heterocycles. The molecule has 3 heteroatoms. The highest BCUT2D eigenvalue weighted by atomic mass is 79.9. The van der Waals surface area contributed by atoms with Crippen molar-refractivity contribution in [2.24, 2.45) is 0 Å². The first kappa shape index (κ1) is 11.5. The predicted octanol–water partition coefficient (Wildman–Crippen LogP) is 2.85. The highest BCUT2D eigenvalue weighted by Gasteiger charge is 2.32. The third-order valence-electron chi connectivity index (χ3n) is 3.59. The number of hydrogen-bond acceptors (Lipinski definition) is 2. The van der Waals surface area contributed by atoms with E-state index in [9.17, 15) is 0 Å². The molecule has 92 valence electrons. The summed E-state index contributed by atoms with van der Waals surface area (Å²) in [4.78, 5) is 2.57. The van der Waals surface area contributed by atoms with Gasteiger partial charge in [-0.2, -0.15) is 0 Å². The molecule has 0 radical (unpaired) electrons. The van der Waals surface area contributed by atoms with Crippen LogP contribution in [0.15, 0.2) is 24.3 Å². The van der Waals surface area contributed by atoms with Gasteiger partial charge in [-0.05, 0) is 24.5 Å². The Morgan fingerprint density at radius 3 is 2.82 bits per heavy atom. The van der Waals surface area contributed by atoms with Crippen LogP contribution in [0, 0.1) is 0 Å². The molecule has 1 atom stereocenters. The van der Waals surface area contributed by atoms with Gasteiger partial charge in [-0.3, -0.25) is 4.90 Å². The summed E-state index contributed by atoms with van der Waals surface area (Å²) < 4.78 is 6.00. The van der Waals surface area contributed by atoms with E-state index in [1.165, 1.54) is 18.4 Å². The molecular formula is C14H18BrNO. The normalized spacial score (nSPS) is 22.6. The lowest BCUT2D eigenvalue weighted by atomic mass is 10.1. The van der Waals surface area contributed by atoms with Crippen LogP contribution >= 0.6 is 15.9 Å². The monoisotopic (exact) mass is 295 g/mol. The summed E-state index contributed by atoms with van der Waals surface area (Å²) in [6.07, 6.45) is 4.16. The molecule has 2 nitrogen and oxygen atoms in total. The lowest BCUT2D eigenvalue weighted by Gasteiger charge is -2.24.